The van der Waals surface area contributed by atoms with E-state index in [0.29, 0.717) is 17.5 Å². The molecule has 2 aliphatic rings. The minimum atomic E-state index is -3.05. The van der Waals surface area contributed by atoms with Crippen LogP contribution in [-0.4, -0.2) is 34.0 Å². The van der Waals surface area contributed by atoms with Crippen LogP contribution in [0.4, 0.5) is 8.78 Å². The number of aromatic nitrogens is 2. The van der Waals surface area contributed by atoms with Gasteiger partial charge in [0.15, 0.2) is 5.75 Å². The van der Waals surface area contributed by atoms with Gasteiger partial charge in [-0.05, 0) is 31.2 Å². The van der Waals surface area contributed by atoms with E-state index < -0.39 is 18.2 Å². The van der Waals surface area contributed by atoms with Gasteiger partial charge in [-0.15, -0.1) is 0 Å². The summed E-state index contributed by atoms with van der Waals surface area (Å²) in [5.74, 6) is 0.313. The molecule has 28 heavy (non-hydrogen) atoms. The Balaban J connectivity index is 1.88. The molecule has 5 rings (SSSR count). The third-order valence-electron chi connectivity index (χ3n) is 5.94. The summed E-state index contributed by atoms with van der Waals surface area (Å²) in [5, 5.41) is 0.0518. The van der Waals surface area contributed by atoms with Crippen molar-refractivity contribution in [2.24, 2.45) is 0 Å². The van der Waals surface area contributed by atoms with E-state index >= 15 is 0 Å². The quantitative estimate of drug-likeness (QED) is 0.629. The van der Waals surface area contributed by atoms with Gasteiger partial charge in [0.25, 0.3) is 5.91 Å². The second kappa shape index (κ2) is 5.67. The zero-order valence-electron chi connectivity index (χ0n) is 15.1. The van der Waals surface area contributed by atoms with E-state index in [2.05, 4.69) is 0 Å². The van der Waals surface area contributed by atoms with Gasteiger partial charge >= 0.3 is 6.61 Å². The minimum Gasteiger partial charge on any atom is -0.433 e. The van der Waals surface area contributed by atoms with Gasteiger partial charge in [-0.3, -0.25) is 4.79 Å². The van der Waals surface area contributed by atoms with Crippen LogP contribution in [0.15, 0.2) is 36.4 Å². The summed E-state index contributed by atoms with van der Waals surface area (Å²) < 4.78 is 33.1. The van der Waals surface area contributed by atoms with E-state index in [1.165, 1.54) is 6.07 Å². The molecule has 0 N–H and O–H groups in total. The molecule has 8 heteroatoms. The van der Waals surface area contributed by atoms with Gasteiger partial charge in [-0.2, -0.15) is 8.78 Å². The summed E-state index contributed by atoms with van der Waals surface area (Å²) >= 11 is 6.22. The number of fused-ring (bicyclic) bond motifs is 9. The lowest BCUT2D eigenvalue weighted by molar-refractivity contribution is -0.0506. The number of ether oxygens (including phenoxy) is 1. The van der Waals surface area contributed by atoms with Gasteiger partial charge in [-0.25, -0.2) is 4.98 Å². The molecule has 2 atom stereocenters. The van der Waals surface area contributed by atoms with Crippen LogP contribution in [-0.2, 0) is 5.54 Å². The molecule has 2 bridgehead atoms. The molecule has 0 saturated carbocycles. The van der Waals surface area contributed by atoms with Gasteiger partial charge < -0.3 is 14.2 Å². The van der Waals surface area contributed by atoms with Crippen LogP contribution >= 0.6 is 11.6 Å². The number of carbonyl (C=O) groups is 1. The predicted octanol–water partition coefficient (Wildman–Crippen LogP) is 4.59. The molecular weight excluding hydrogens is 388 g/mol. The Morgan fingerprint density at radius 2 is 2.04 bits per heavy atom. The van der Waals surface area contributed by atoms with Crippen LogP contribution in [0.1, 0.15) is 41.1 Å². The van der Waals surface area contributed by atoms with Gasteiger partial charge in [0.1, 0.15) is 11.4 Å². The lowest BCUT2D eigenvalue weighted by Crippen LogP contribution is -2.43. The Kier molecular flexibility index (Phi) is 3.53. The van der Waals surface area contributed by atoms with Gasteiger partial charge in [0.2, 0.25) is 0 Å². The summed E-state index contributed by atoms with van der Waals surface area (Å²) in [7, 11) is 1.71. The summed E-state index contributed by atoms with van der Waals surface area (Å²) in [6.07, 6.45) is 0.495. The zero-order valence-corrected chi connectivity index (χ0v) is 15.9. The maximum atomic E-state index is 13.2. The molecule has 1 amide bonds. The summed E-state index contributed by atoms with van der Waals surface area (Å²) in [6.45, 7) is -1.10. The van der Waals surface area contributed by atoms with Gasteiger partial charge in [-0.1, -0.05) is 23.7 Å². The molecule has 3 heterocycles. The van der Waals surface area contributed by atoms with Gasteiger partial charge in [0.05, 0.1) is 22.1 Å². The minimum absolute atomic E-state index is 0.0518. The van der Waals surface area contributed by atoms with Crippen LogP contribution < -0.4 is 4.74 Å². The highest BCUT2D eigenvalue weighted by Crippen LogP contribution is 2.53. The SMILES string of the molecule is CN1C(=O)c2ccc(Cl)c(OC(F)F)c2[C@H]2C[C@]1(C)c1nc3ccccc3n12. The molecule has 0 spiro atoms. The smallest absolute Gasteiger partial charge is 0.387 e. The van der Waals surface area contributed by atoms with E-state index in [9.17, 15) is 13.6 Å². The fourth-order valence-corrected chi connectivity index (χ4v) is 4.73. The van der Waals surface area contributed by atoms with Crippen LogP contribution in [0.25, 0.3) is 11.0 Å². The number of imidazole rings is 1. The van der Waals surface area contributed by atoms with E-state index in [1.807, 2.05) is 35.8 Å². The molecule has 0 saturated heterocycles. The fourth-order valence-electron chi connectivity index (χ4n) is 4.52. The molecule has 5 nitrogen and oxygen atoms in total. The number of hydrogen-bond donors (Lipinski definition) is 0. The van der Waals surface area contributed by atoms with E-state index in [0.717, 1.165) is 16.9 Å². The Bertz CT molecular complexity index is 1150. The molecule has 0 fully saturated rings. The molecule has 2 aromatic carbocycles. The first-order valence-corrected chi connectivity index (χ1v) is 9.23. The number of amides is 1. The Labute approximate surface area is 164 Å². The summed E-state index contributed by atoms with van der Waals surface area (Å²) in [6, 6.07) is 10.2. The normalized spacial score (nSPS) is 23.1. The molecule has 1 aromatic heterocycles. The monoisotopic (exact) mass is 403 g/mol. The van der Waals surface area contributed by atoms with Crippen molar-refractivity contribution in [3.8, 4) is 5.75 Å². The van der Waals surface area contributed by atoms with Crippen LogP contribution in [0.2, 0.25) is 5.02 Å². The number of halogens is 3. The number of para-hydroxylation sites is 2. The lowest BCUT2D eigenvalue weighted by Gasteiger charge is -2.33. The van der Waals surface area contributed by atoms with Gasteiger partial charge in [0, 0.05) is 24.6 Å². The number of benzene rings is 2. The number of carbonyl (C=O) groups excluding carboxylic acids is 1. The highest BCUT2D eigenvalue weighted by Gasteiger charge is 2.52. The third kappa shape index (κ3) is 2.11. The molecule has 2 aliphatic heterocycles. The second-order valence-corrected chi connectivity index (χ2v) is 7.78. The lowest BCUT2D eigenvalue weighted by atomic mass is 9.93. The highest BCUT2D eigenvalue weighted by molar-refractivity contribution is 6.32. The van der Waals surface area contributed by atoms with Crippen molar-refractivity contribution < 1.29 is 18.3 Å². The predicted molar refractivity (Wildman–Crippen MR) is 100 cm³/mol. The topological polar surface area (TPSA) is 47.4 Å². The zero-order chi connectivity index (χ0) is 19.8. The number of nitrogens with zero attached hydrogens (tertiary/aromatic N) is 3. The maximum absolute atomic E-state index is 13.2. The number of hydrogen-bond acceptors (Lipinski definition) is 3. The first kappa shape index (κ1) is 17.4. The molecule has 0 aliphatic carbocycles. The Morgan fingerprint density at radius 1 is 1.29 bits per heavy atom. The Morgan fingerprint density at radius 3 is 2.79 bits per heavy atom. The fraction of sp³-hybridized carbons (Fsp3) is 0.300. The van der Waals surface area contributed by atoms with Crippen molar-refractivity contribution in [2.75, 3.05) is 7.05 Å². The average molecular weight is 404 g/mol. The van der Waals surface area contributed by atoms with Crippen LogP contribution in [0, 0.1) is 0 Å². The molecule has 0 unspecified atom stereocenters. The van der Waals surface area contributed by atoms with E-state index in [-0.39, 0.29) is 16.7 Å². The second-order valence-electron chi connectivity index (χ2n) is 7.37. The van der Waals surface area contributed by atoms with E-state index in [4.69, 9.17) is 21.3 Å². The van der Waals surface area contributed by atoms with Crippen molar-refractivity contribution in [3.05, 3.63) is 58.4 Å². The average Bonchev–Trinajstić information content (AvgIpc) is 3.16. The van der Waals surface area contributed by atoms with Crippen molar-refractivity contribution in [1.29, 1.82) is 0 Å². The summed E-state index contributed by atoms with van der Waals surface area (Å²) in [5.41, 5.74) is 1.68. The molecule has 3 aromatic rings. The van der Waals surface area contributed by atoms with E-state index in [1.54, 1.807) is 18.0 Å². The van der Waals surface area contributed by atoms with Crippen molar-refractivity contribution in [1.82, 2.24) is 14.5 Å². The Hall–Kier alpha value is -2.67. The number of alkyl halides is 2. The standard InChI is InChI=1S/C20H16ClF2N3O2/c1-20-9-14(26-13-6-4-3-5-12(13)24-18(20)26)15-10(17(27)25(20)2)7-8-11(21)16(15)28-19(22)23/h3-8,14,19H,9H2,1-2H3/t14-,20-/m1/s1. The van der Waals surface area contributed by atoms with Crippen molar-refractivity contribution in [3.63, 3.8) is 0 Å². The first-order valence-electron chi connectivity index (χ1n) is 8.85. The first-order chi connectivity index (χ1) is 13.3. The molecular formula is C20H16ClF2N3O2. The summed E-state index contributed by atoms with van der Waals surface area (Å²) in [4.78, 5) is 19.6. The number of rotatable bonds is 2. The van der Waals surface area contributed by atoms with Crippen LogP contribution in [0.3, 0.4) is 0 Å². The largest absolute Gasteiger partial charge is 0.433 e. The van der Waals surface area contributed by atoms with Crippen molar-refractivity contribution in [2.45, 2.75) is 31.5 Å². The highest BCUT2D eigenvalue weighted by atomic mass is 35.5. The maximum Gasteiger partial charge on any atom is 0.387 e. The van der Waals surface area contributed by atoms with Crippen molar-refractivity contribution >= 4 is 28.5 Å². The molecule has 0 radical (unpaired) electrons. The molecule has 144 valence electrons. The third-order valence-corrected chi connectivity index (χ3v) is 6.24. The van der Waals surface area contributed by atoms with Crippen LogP contribution in [0.5, 0.6) is 5.75 Å².